The van der Waals surface area contributed by atoms with Crippen molar-refractivity contribution in [3.8, 4) is 22.4 Å². The van der Waals surface area contributed by atoms with Crippen LogP contribution >= 0.6 is 0 Å². The Morgan fingerprint density at radius 3 is 2.45 bits per heavy atom. The van der Waals surface area contributed by atoms with Crippen LogP contribution in [0.1, 0.15) is 39.7 Å². The highest BCUT2D eigenvalue weighted by molar-refractivity contribution is 5.81. The molecule has 1 aromatic carbocycles. The van der Waals surface area contributed by atoms with Gasteiger partial charge in [0.2, 0.25) is 0 Å². The Morgan fingerprint density at radius 2 is 1.82 bits per heavy atom. The normalized spacial score (nSPS) is 15.4. The van der Waals surface area contributed by atoms with Gasteiger partial charge in [-0.05, 0) is 51.3 Å². The minimum atomic E-state index is -0.550. The number of aromatic nitrogens is 3. The first-order valence-corrected chi connectivity index (χ1v) is 10.9. The van der Waals surface area contributed by atoms with Crippen molar-refractivity contribution in [1.82, 2.24) is 19.8 Å². The molecule has 0 spiro atoms. The first-order valence-electron chi connectivity index (χ1n) is 10.9. The zero-order chi connectivity index (χ0) is 23.6. The second kappa shape index (κ2) is 9.11. The topological polar surface area (TPSA) is 103 Å². The second-order valence-electron chi connectivity index (χ2n) is 9.20. The van der Waals surface area contributed by atoms with Crippen LogP contribution in [0.3, 0.4) is 0 Å². The summed E-state index contributed by atoms with van der Waals surface area (Å²) in [6, 6.07) is 10.5. The summed E-state index contributed by atoms with van der Waals surface area (Å²) in [6.07, 6.45) is 6.95. The van der Waals surface area contributed by atoms with Crippen LogP contribution in [-0.2, 0) is 9.63 Å². The van der Waals surface area contributed by atoms with Gasteiger partial charge in [0.25, 0.3) is 5.69 Å². The van der Waals surface area contributed by atoms with Crippen LogP contribution in [0.4, 0.5) is 5.69 Å². The summed E-state index contributed by atoms with van der Waals surface area (Å²) >= 11 is 0. The summed E-state index contributed by atoms with van der Waals surface area (Å²) < 4.78 is 1.94. The van der Waals surface area contributed by atoms with E-state index in [1.807, 2.05) is 49.8 Å². The van der Waals surface area contributed by atoms with Gasteiger partial charge in [0.15, 0.2) is 0 Å². The zero-order valence-corrected chi connectivity index (χ0v) is 19.0. The molecule has 33 heavy (non-hydrogen) atoms. The highest BCUT2D eigenvalue weighted by Gasteiger charge is 2.29. The largest absolute Gasteiger partial charge is 0.367 e. The summed E-state index contributed by atoms with van der Waals surface area (Å²) in [7, 11) is 0. The molecule has 0 radical (unpaired) electrons. The van der Waals surface area contributed by atoms with Gasteiger partial charge in [0.05, 0.1) is 16.4 Å². The molecule has 172 valence electrons. The summed E-state index contributed by atoms with van der Waals surface area (Å²) in [6.45, 7) is 6.73. The van der Waals surface area contributed by atoms with E-state index in [-0.39, 0.29) is 17.7 Å². The van der Waals surface area contributed by atoms with Gasteiger partial charge in [0.1, 0.15) is 5.69 Å². The van der Waals surface area contributed by atoms with E-state index in [0.29, 0.717) is 24.3 Å². The zero-order valence-electron chi connectivity index (χ0n) is 19.0. The molecular formula is C24H27N5O4. The predicted octanol–water partition coefficient (Wildman–Crippen LogP) is 4.66. The fraction of sp³-hybridized carbons (Fsp3) is 0.375. The molecule has 2 aromatic heterocycles. The van der Waals surface area contributed by atoms with Crippen molar-refractivity contribution in [3.63, 3.8) is 0 Å². The first-order chi connectivity index (χ1) is 15.7. The van der Waals surface area contributed by atoms with Crippen LogP contribution in [0.2, 0.25) is 0 Å². The molecule has 1 fully saturated rings. The molecule has 0 bridgehead atoms. The van der Waals surface area contributed by atoms with Crippen LogP contribution in [0.25, 0.3) is 22.4 Å². The second-order valence-corrected chi connectivity index (χ2v) is 9.20. The molecule has 0 saturated carbocycles. The number of hydrogen-bond donors (Lipinski definition) is 0. The lowest BCUT2D eigenvalue weighted by atomic mass is 9.98. The van der Waals surface area contributed by atoms with E-state index in [2.05, 4.69) is 4.98 Å². The Bertz CT molecular complexity index is 1150. The van der Waals surface area contributed by atoms with Gasteiger partial charge in [-0.2, -0.15) is 5.10 Å². The van der Waals surface area contributed by atoms with E-state index >= 15 is 0 Å². The van der Waals surface area contributed by atoms with Crippen LogP contribution in [0.5, 0.6) is 0 Å². The standard InChI is InChI=1S/C24H27N5O4/c1-24(2,3)23(30)33-27-13-9-19(10-14-27)28-16-21(17-7-11-25-12-8-17)22(26-28)18-5-4-6-20(15-18)29(31)32/h4-8,11-12,15-16,19H,9-10,13-14H2,1-3H3. The van der Waals surface area contributed by atoms with Crippen molar-refractivity contribution in [3.05, 3.63) is 65.1 Å². The van der Waals surface area contributed by atoms with Crippen LogP contribution in [0.15, 0.2) is 55.0 Å². The molecule has 0 unspecified atom stereocenters. The number of nitrogens with zero attached hydrogens (tertiary/aromatic N) is 5. The maximum Gasteiger partial charge on any atom is 0.330 e. The van der Waals surface area contributed by atoms with Crippen molar-refractivity contribution in [2.45, 2.75) is 39.7 Å². The molecule has 3 aromatic rings. The Kier molecular flexibility index (Phi) is 6.24. The highest BCUT2D eigenvalue weighted by Crippen LogP contribution is 2.35. The summed E-state index contributed by atoms with van der Waals surface area (Å²) in [5, 5.41) is 17.9. The van der Waals surface area contributed by atoms with Gasteiger partial charge >= 0.3 is 5.97 Å². The van der Waals surface area contributed by atoms with E-state index < -0.39 is 10.3 Å². The summed E-state index contributed by atoms with van der Waals surface area (Å²) in [5.41, 5.74) is 2.68. The average Bonchev–Trinajstić information content (AvgIpc) is 3.25. The van der Waals surface area contributed by atoms with Crippen LogP contribution in [-0.4, -0.2) is 43.8 Å². The molecule has 0 atom stereocenters. The van der Waals surface area contributed by atoms with Gasteiger partial charge in [-0.25, -0.2) is 4.79 Å². The molecule has 1 aliphatic rings. The number of carbonyl (C=O) groups is 1. The molecule has 3 heterocycles. The summed E-state index contributed by atoms with van der Waals surface area (Å²) in [4.78, 5) is 32.7. The Morgan fingerprint density at radius 1 is 1.12 bits per heavy atom. The molecule has 0 N–H and O–H groups in total. The Balaban J connectivity index is 1.60. The fourth-order valence-corrected chi connectivity index (χ4v) is 3.75. The van der Waals surface area contributed by atoms with Crippen LogP contribution in [0, 0.1) is 15.5 Å². The van der Waals surface area contributed by atoms with E-state index in [1.165, 1.54) is 6.07 Å². The number of hydrogen-bond acceptors (Lipinski definition) is 7. The minimum absolute atomic E-state index is 0.0247. The number of pyridine rings is 1. The third kappa shape index (κ3) is 5.09. The molecule has 1 aliphatic heterocycles. The number of piperidine rings is 1. The molecular weight excluding hydrogens is 422 g/mol. The van der Waals surface area contributed by atoms with Crippen LogP contribution < -0.4 is 0 Å². The number of nitro groups is 1. The molecule has 0 aliphatic carbocycles. The van der Waals surface area contributed by atoms with E-state index in [0.717, 1.165) is 24.0 Å². The Labute approximate surface area is 192 Å². The van der Waals surface area contributed by atoms with E-state index in [1.54, 1.807) is 29.6 Å². The number of nitro benzene ring substituents is 1. The lowest BCUT2D eigenvalue weighted by Gasteiger charge is -2.32. The van der Waals surface area contributed by atoms with E-state index in [4.69, 9.17) is 9.94 Å². The average molecular weight is 450 g/mol. The Hall–Kier alpha value is -3.59. The van der Waals surface area contributed by atoms with Crippen molar-refractivity contribution in [2.24, 2.45) is 5.41 Å². The number of carbonyl (C=O) groups excluding carboxylic acids is 1. The SMILES string of the molecule is CC(C)(C)C(=O)ON1CCC(n2cc(-c3ccncc3)c(-c3cccc([N+](=O)[O-])c3)n2)CC1. The lowest BCUT2D eigenvalue weighted by Crippen LogP contribution is -2.39. The van der Waals surface area contributed by atoms with Gasteiger partial charge in [-0.1, -0.05) is 12.1 Å². The molecule has 9 heteroatoms. The molecule has 0 amide bonds. The number of non-ortho nitro benzene ring substituents is 1. The lowest BCUT2D eigenvalue weighted by molar-refractivity contribution is -0.384. The smallest absolute Gasteiger partial charge is 0.330 e. The van der Waals surface area contributed by atoms with Crippen molar-refractivity contribution in [1.29, 1.82) is 0 Å². The maximum atomic E-state index is 12.2. The van der Waals surface area contributed by atoms with E-state index in [9.17, 15) is 14.9 Å². The van der Waals surface area contributed by atoms with Gasteiger partial charge in [-0.15, -0.1) is 5.06 Å². The van der Waals surface area contributed by atoms with Crippen molar-refractivity contribution < 1.29 is 14.6 Å². The molecule has 1 saturated heterocycles. The quantitative estimate of drug-likeness (QED) is 0.412. The summed E-state index contributed by atoms with van der Waals surface area (Å²) in [5.74, 6) is -0.243. The van der Waals surface area contributed by atoms with Gasteiger partial charge in [0, 0.05) is 54.9 Å². The molecule has 9 nitrogen and oxygen atoms in total. The highest BCUT2D eigenvalue weighted by atomic mass is 16.7. The van der Waals surface area contributed by atoms with Gasteiger partial charge < -0.3 is 4.84 Å². The van der Waals surface area contributed by atoms with Gasteiger partial charge in [-0.3, -0.25) is 19.8 Å². The number of benzene rings is 1. The third-order valence-electron chi connectivity index (χ3n) is 5.68. The maximum absolute atomic E-state index is 12.2. The fourth-order valence-electron chi connectivity index (χ4n) is 3.75. The van der Waals surface area contributed by atoms with Crippen molar-refractivity contribution in [2.75, 3.05) is 13.1 Å². The molecule has 4 rings (SSSR count). The third-order valence-corrected chi connectivity index (χ3v) is 5.68. The monoisotopic (exact) mass is 449 g/mol. The number of hydroxylamine groups is 2. The predicted molar refractivity (Wildman–Crippen MR) is 123 cm³/mol. The minimum Gasteiger partial charge on any atom is -0.367 e. The van der Waals surface area contributed by atoms with Crippen molar-refractivity contribution >= 4 is 11.7 Å². The number of rotatable bonds is 5. The first kappa shape index (κ1) is 22.6.